The van der Waals surface area contributed by atoms with Crippen LogP contribution in [0.3, 0.4) is 0 Å². The van der Waals surface area contributed by atoms with Gasteiger partial charge in [0.15, 0.2) is 0 Å². The second-order valence-corrected chi connectivity index (χ2v) is 5.25. The van der Waals surface area contributed by atoms with Gasteiger partial charge in [0, 0.05) is 5.54 Å². The van der Waals surface area contributed by atoms with Crippen molar-refractivity contribution >= 4 is 16.3 Å². The first-order valence-electron chi connectivity index (χ1n) is 6.07. The largest absolute Gasteiger partial charge is 0.321 e. The van der Waals surface area contributed by atoms with Crippen molar-refractivity contribution in [2.24, 2.45) is 5.73 Å². The fraction of sp³-hybridized carbons (Fsp3) is 0.250. The average molecular weight is 223 g/mol. The lowest BCUT2D eigenvalue weighted by Gasteiger charge is -2.31. The summed E-state index contributed by atoms with van der Waals surface area (Å²) in [5, 5.41) is 2.56. The molecule has 0 bridgehead atoms. The van der Waals surface area contributed by atoms with E-state index in [1.54, 1.807) is 0 Å². The van der Waals surface area contributed by atoms with E-state index in [1.165, 1.54) is 27.5 Å². The topological polar surface area (TPSA) is 26.0 Å². The molecule has 0 saturated carbocycles. The molecule has 1 atom stereocenters. The summed E-state index contributed by atoms with van der Waals surface area (Å²) in [6.45, 7) is 4.28. The first-order valence-corrected chi connectivity index (χ1v) is 6.07. The maximum Gasteiger partial charge on any atom is 0.0422 e. The van der Waals surface area contributed by atoms with Crippen molar-refractivity contribution in [3.05, 3.63) is 53.6 Å². The van der Waals surface area contributed by atoms with Crippen LogP contribution in [0.25, 0.3) is 16.3 Å². The molecular weight excluding hydrogens is 206 g/mol. The van der Waals surface area contributed by atoms with E-state index >= 15 is 0 Å². The predicted molar refractivity (Wildman–Crippen MR) is 73.8 cm³/mol. The Hall–Kier alpha value is -1.60. The van der Waals surface area contributed by atoms with E-state index in [0.717, 1.165) is 6.42 Å². The number of benzene rings is 2. The van der Waals surface area contributed by atoms with E-state index in [2.05, 4.69) is 56.3 Å². The summed E-state index contributed by atoms with van der Waals surface area (Å²) in [6, 6.07) is 13.0. The minimum atomic E-state index is -0.237. The lowest BCUT2D eigenvalue weighted by atomic mass is 9.78. The normalized spacial score (nSPS) is 23.4. The lowest BCUT2D eigenvalue weighted by molar-refractivity contribution is 0.496. The van der Waals surface area contributed by atoms with E-state index in [1.807, 2.05) is 0 Å². The first kappa shape index (κ1) is 10.5. The van der Waals surface area contributed by atoms with Crippen LogP contribution in [-0.2, 0) is 5.54 Å². The smallest absolute Gasteiger partial charge is 0.0422 e. The third-order valence-corrected chi connectivity index (χ3v) is 3.76. The molecule has 0 aromatic heterocycles. The Bertz CT molecular complexity index is 620. The summed E-state index contributed by atoms with van der Waals surface area (Å²) >= 11 is 0. The Kier molecular flexibility index (Phi) is 2.14. The molecule has 86 valence electrons. The molecule has 0 spiro atoms. The Labute approximate surface area is 102 Å². The molecule has 0 amide bonds. The highest BCUT2D eigenvalue weighted by atomic mass is 14.7. The molecule has 1 nitrogen and oxygen atoms in total. The molecule has 0 radical (unpaired) electrons. The second-order valence-electron chi connectivity index (χ2n) is 5.25. The fourth-order valence-corrected chi connectivity index (χ4v) is 2.62. The van der Waals surface area contributed by atoms with Crippen LogP contribution in [0.15, 0.2) is 42.5 Å². The van der Waals surface area contributed by atoms with Gasteiger partial charge in [0.05, 0.1) is 0 Å². The summed E-state index contributed by atoms with van der Waals surface area (Å²) in [6.07, 6.45) is 3.17. The molecule has 1 heteroatoms. The zero-order valence-electron chi connectivity index (χ0n) is 10.3. The van der Waals surface area contributed by atoms with Crippen LogP contribution in [0.5, 0.6) is 0 Å². The summed E-state index contributed by atoms with van der Waals surface area (Å²) in [5.41, 5.74) is 10.1. The third kappa shape index (κ3) is 1.58. The molecule has 0 fully saturated rings. The van der Waals surface area contributed by atoms with Crippen molar-refractivity contribution in [1.29, 1.82) is 0 Å². The van der Waals surface area contributed by atoms with Crippen LogP contribution in [0.4, 0.5) is 0 Å². The number of allylic oxidation sites excluding steroid dienone is 1. The zero-order chi connectivity index (χ0) is 12.0. The maximum absolute atomic E-state index is 6.40. The number of rotatable bonds is 0. The van der Waals surface area contributed by atoms with Gasteiger partial charge < -0.3 is 5.73 Å². The predicted octanol–water partition coefficient (Wildman–Crippen LogP) is 3.82. The van der Waals surface area contributed by atoms with Crippen LogP contribution in [0, 0.1) is 0 Å². The van der Waals surface area contributed by atoms with Crippen molar-refractivity contribution in [3.8, 4) is 0 Å². The van der Waals surface area contributed by atoms with E-state index in [4.69, 9.17) is 5.73 Å². The number of nitrogens with two attached hydrogens (primary N) is 1. The van der Waals surface area contributed by atoms with E-state index in [0.29, 0.717) is 0 Å². The number of hydrogen-bond acceptors (Lipinski definition) is 1. The van der Waals surface area contributed by atoms with Gasteiger partial charge in [-0.1, -0.05) is 30.3 Å². The van der Waals surface area contributed by atoms with Crippen LogP contribution in [0.1, 0.15) is 31.4 Å². The number of fused-ring (bicyclic) bond motifs is 2. The Morgan fingerprint density at radius 3 is 2.47 bits per heavy atom. The van der Waals surface area contributed by atoms with Gasteiger partial charge in [-0.05, 0) is 59.9 Å². The standard InChI is InChI=1S/C16H17N/c1-11-7-8-16(2,17)15-10-13-6-4-3-5-12(13)9-14(11)15/h3-7,9-10H,8,17H2,1-2H3. The monoisotopic (exact) mass is 223 g/mol. The van der Waals surface area contributed by atoms with Crippen LogP contribution >= 0.6 is 0 Å². The Morgan fingerprint density at radius 2 is 1.76 bits per heavy atom. The lowest BCUT2D eigenvalue weighted by Crippen LogP contribution is -2.35. The quantitative estimate of drug-likeness (QED) is 0.722. The molecule has 0 heterocycles. The van der Waals surface area contributed by atoms with E-state index in [-0.39, 0.29) is 5.54 Å². The molecule has 1 aliphatic carbocycles. The van der Waals surface area contributed by atoms with Crippen molar-refractivity contribution in [3.63, 3.8) is 0 Å². The third-order valence-electron chi connectivity index (χ3n) is 3.76. The van der Waals surface area contributed by atoms with Crippen molar-refractivity contribution in [1.82, 2.24) is 0 Å². The summed E-state index contributed by atoms with van der Waals surface area (Å²) in [7, 11) is 0. The van der Waals surface area contributed by atoms with Gasteiger partial charge in [-0.25, -0.2) is 0 Å². The molecular formula is C16H17N. The maximum atomic E-state index is 6.40. The van der Waals surface area contributed by atoms with Gasteiger partial charge >= 0.3 is 0 Å². The average Bonchev–Trinajstić information content (AvgIpc) is 2.33. The van der Waals surface area contributed by atoms with Crippen molar-refractivity contribution in [2.45, 2.75) is 25.8 Å². The SMILES string of the molecule is CC1=CCC(C)(N)c2cc3ccccc3cc21. The highest BCUT2D eigenvalue weighted by Gasteiger charge is 2.27. The van der Waals surface area contributed by atoms with Crippen LogP contribution in [0.2, 0.25) is 0 Å². The van der Waals surface area contributed by atoms with Gasteiger partial charge in [-0.15, -0.1) is 0 Å². The van der Waals surface area contributed by atoms with E-state index in [9.17, 15) is 0 Å². The molecule has 0 aliphatic heterocycles. The van der Waals surface area contributed by atoms with E-state index < -0.39 is 0 Å². The molecule has 3 rings (SSSR count). The van der Waals surface area contributed by atoms with Crippen molar-refractivity contribution < 1.29 is 0 Å². The van der Waals surface area contributed by atoms with Gasteiger partial charge in [0.1, 0.15) is 0 Å². The minimum Gasteiger partial charge on any atom is -0.321 e. The Morgan fingerprint density at radius 1 is 1.12 bits per heavy atom. The highest BCUT2D eigenvalue weighted by molar-refractivity contribution is 5.88. The fourth-order valence-electron chi connectivity index (χ4n) is 2.62. The van der Waals surface area contributed by atoms with Gasteiger partial charge in [0.25, 0.3) is 0 Å². The van der Waals surface area contributed by atoms with Crippen LogP contribution in [-0.4, -0.2) is 0 Å². The van der Waals surface area contributed by atoms with Gasteiger partial charge in [-0.3, -0.25) is 0 Å². The molecule has 2 aromatic carbocycles. The molecule has 1 aliphatic rings. The first-order chi connectivity index (χ1) is 8.08. The molecule has 2 aromatic rings. The molecule has 17 heavy (non-hydrogen) atoms. The molecule has 0 saturated heterocycles. The van der Waals surface area contributed by atoms with Crippen LogP contribution < -0.4 is 5.73 Å². The highest BCUT2D eigenvalue weighted by Crippen LogP contribution is 2.37. The summed E-state index contributed by atoms with van der Waals surface area (Å²) in [5.74, 6) is 0. The summed E-state index contributed by atoms with van der Waals surface area (Å²) in [4.78, 5) is 0. The van der Waals surface area contributed by atoms with Crippen molar-refractivity contribution in [2.75, 3.05) is 0 Å². The Balaban J connectivity index is 2.37. The molecule has 1 unspecified atom stereocenters. The minimum absolute atomic E-state index is 0.237. The molecule has 2 N–H and O–H groups in total. The zero-order valence-corrected chi connectivity index (χ0v) is 10.3. The summed E-state index contributed by atoms with van der Waals surface area (Å²) < 4.78 is 0. The number of hydrogen-bond donors (Lipinski definition) is 1. The van der Waals surface area contributed by atoms with Gasteiger partial charge in [0.2, 0.25) is 0 Å². The second kappa shape index (κ2) is 3.44. The van der Waals surface area contributed by atoms with Gasteiger partial charge in [-0.2, -0.15) is 0 Å².